The number of aliphatic hydroxyl groups excluding tert-OH is 2. The molecule has 1 aromatic heterocycles. The molecule has 238 valence electrons. The van der Waals surface area contributed by atoms with Crippen LogP contribution in [0.4, 0.5) is 10.3 Å². The van der Waals surface area contributed by atoms with Crippen LogP contribution < -0.4 is 19.7 Å². The van der Waals surface area contributed by atoms with Crippen LogP contribution in [0.15, 0.2) is 30.6 Å². The molecular weight excluding hydrogens is 557 g/mol. The van der Waals surface area contributed by atoms with Crippen LogP contribution in [0.1, 0.15) is 44.6 Å². The second kappa shape index (κ2) is 16.1. The van der Waals surface area contributed by atoms with Gasteiger partial charge in [-0.25, -0.2) is 14.4 Å². The van der Waals surface area contributed by atoms with E-state index in [0.29, 0.717) is 55.8 Å². The molecule has 11 nitrogen and oxygen atoms in total. The molecule has 0 bridgehead atoms. The molecule has 0 spiro atoms. The van der Waals surface area contributed by atoms with Crippen LogP contribution in [-0.2, 0) is 11.2 Å². The predicted octanol–water partition coefficient (Wildman–Crippen LogP) is 1.79. The smallest absolute Gasteiger partial charge is 0.227 e. The zero-order valence-electron chi connectivity index (χ0n) is 25.1. The first-order valence-corrected chi connectivity index (χ1v) is 15.4. The minimum atomic E-state index is -1.56. The Bertz CT molecular complexity index is 1140. The molecule has 4 N–H and O–H groups in total. The highest BCUT2D eigenvalue weighted by atomic mass is 19.1. The third-order valence-corrected chi connectivity index (χ3v) is 8.33. The number of nitrogens with zero attached hydrogens (tertiary/aromatic N) is 4. The van der Waals surface area contributed by atoms with E-state index in [9.17, 15) is 24.5 Å². The predicted molar refractivity (Wildman–Crippen MR) is 160 cm³/mol. The lowest BCUT2D eigenvalue weighted by Gasteiger charge is -2.32. The van der Waals surface area contributed by atoms with Gasteiger partial charge in [0, 0.05) is 38.8 Å². The van der Waals surface area contributed by atoms with Crippen molar-refractivity contribution in [3.05, 3.63) is 42.0 Å². The standard InChI is InChI=1S/C31H46FN5O6/c1-2-42-27-17-34-30(35-18-27)36-10-7-23(8-11-36)4-3-13-43-26-6-5-25(28(32)15-26)14-29(40)37-12-9-24(19-37)16-33-20-31(41,21-38)22-39/h5-6,15,17-18,23-24,33,38-39,41H,2-4,7-14,16,19-22H2,1H3/t24-/m0/s1. The lowest BCUT2D eigenvalue weighted by Crippen LogP contribution is -2.48. The summed E-state index contributed by atoms with van der Waals surface area (Å²) < 4.78 is 26.0. The average molecular weight is 604 g/mol. The Balaban J connectivity index is 1.12. The Labute approximate surface area is 253 Å². The molecule has 2 fully saturated rings. The van der Waals surface area contributed by atoms with E-state index in [4.69, 9.17) is 9.47 Å². The van der Waals surface area contributed by atoms with Crippen molar-refractivity contribution in [2.45, 2.75) is 51.0 Å². The Morgan fingerprint density at radius 2 is 1.79 bits per heavy atom. The monoisotopic (exact) mass is 603 g/mol. The van der Waals surface area contributed by atoms with Crippen LogP contribution in [0.5, 0.6) is 11.5 Å². The molecule has 0 unspecified atom stereocenters. The van der Waals surface area contributed by atoms with Crippen LogP contribution in [0.2, 0.25) is 0 Å². The molecule has 43 heavy (non-hydrogen) atoms. The van der Waals surface area contributed by atoms with Crippen LogP contribution in [-0.4, -0.2) is 107 Å². The highest BCUT2D eigenvalue weighted by Gasteiger charge is 2.29. The quantitative estimate of drug-likeness (QED) is 0.210. The van der Waals surface area contributed by atoms with E-state index in [1.807, 2.05) is 6.92 Å². The topological polar surface area (TPSA) is 141 Å². The van der Waals surface area contributed by atoms with E-state index in [0.717, 1.165) is 51.1 Å². The van der Waals surface area contributed by atoms with Gasteiger partial charge in [0.15, 0.2) is 5.75 Å². The molecule has 0 radical (unpaired) electrons. The minimum absolute atomic E-state index is 0.0125. The molecule has 2 saturated heterocycles. The van der Waals surface area contributed by atoms with Crippen molar-refractivity contribution in [3.8, 4) is 11.5 Å². The molecule has 1 aromatic carbocycles. The fraction of sp³-hybridized carbons (Fsp3) is 0.645. The Morgan fingerprint density at radius 1 is 1.07 bits per heavy atom. The number of benzene rings is 1. The highest BCUT2D eigenvalue weighted by Crippen LogP contribution is 2.25. The SMILES string of the molecule is CCOc1cnc(N2CCC(CCCOc3ccc(CC(=O)N4CC[C@@H](CNCC(O)(CO)CO)C4)c(F)c3)CC2)nc1. The first kappa shape index (κ1) is 32.8. The Kier molecular flexibility index (Phi) is 12.3. The number of nitrogens with one attached hydrogen (secondary N) is 1. The van der Waals surface area contributed by atoms with Crippen molar-refractivity contribution >= 4 is 11.9 Å². The summed E-state index contributed by atoms with van der Waals surface area (Å²) in [6.45, 7) is 5.53. The number of carbonyl (C=O) groups is 1. The molecule has 1 amide bonds. The maximum atomic E-state index is 14.8. The number of amides is 1. The Hall–Kier alpha value is -3.06. The van der Waals surface area contributed by atoms with Crippen molar-refractivity contribution in [2.75, 3.05) is 70.6 Å². The van der Waals surface area contributed by atoms with Crippen molar-refractivity contribution < 1.29 is 34.0 Å². The average Bonchev–Trinajstić information content (AvgIpc) is 3.50. The summed E-state index contributed by atoms with van der Waals surface area (Å²) in [6.07, 6.45) is 8.28. The molecule has 3 heterocycles. The summed E-state index contributed by atoms with van der Waals surface area (Å²) >= 11 is 0. The van der Waals surface area contributed by atoms with Crippen molar-refractivity contribution in [3.63, 3.8) is 0 Å². The molecular formula is C31H46FN5O6. The van der Waals surface area contributed by atoms with Crippen LogP contribution >= 0.6 is 0 Å². The van der Waals surface area contributed by atoms with Gasteiger partial charge in [-0.05, 0) is 69.0 Å². The van der Waals surface area contributed by atoms with Crippen molar-refractivity contribution in [1.82, 2.24) is 20.2 Å². The van der Waals surface area contributed by atoms with Crippen LogP contribution in [0.25, 0.3) is 0 Å². The van der Waals surface area contributed by atoms with E-state index in [2.05, 4.69) is 20.2 Å². The van der Waals surface area contributed by atoms with Gasteiger partial charge in [-0.3, -0.25) is 4.79 Å². The molecule has 1 atom stereocenters. The first-order chi connectivity index (χ1) is 20.8. The summed E-state index contributed by atoms with van der Waals surface area (Å²) in [4.78, 5) is 25.6. The zero-order chi connectivity index (χ0) is 30.7. The lowest BCUT2D eigenvalue weighted by molar-refractivity contribution is -0.129. The number of halogens is 1. The number of aliphatic hydroxyl groups is 3. The third kappa shape index (κ3) is 9.72. The second-order valence-corrected chi connectivity index (χ2v) is 11.7. The molecule has 0 aliphatic carbocycles. The van der Waals surface area contributed by atoms with E-state index in [1.54, 1.807) is 29.4 Å². The van der Waals surface area contributed by atoms with Gasteiger partial charge in [-0.2, -0.15) is 0 Å². The number of likely N-dealkylation sites (tertiary alicyclic amines) is 1. The van der Waals surface area contributed by atoms with E-state index >= 15 is 0 Å². The number of hydrogen-bond donors (Lipinski definition) is 4. The number of rotatable bonds is 16. The second-order valence-electron chi connectivity index (χ2n) is 11.7. The van der Waals surface area contributed by atoms with E-state index < -0.39 is 24.6 Å². The molecule has 0 saturated carbocycles. The minimum Gasteiger partial charge on any atom is -0.493 e. The maximum Gasteiger partial charge on any atom is 0.227 e. The molecule has 12 heteroatoms. The number of aromatic nitrogens is 2. The molecule has 2 aliphatic rings. The maximum absolute atomic E-state index is 14.8. The van der Waals surface area contributed by atoms with Gasteiger partial charge in [0.1, 0.15) is 17.2 Å². The van der Waals surface area contributed by atoms with Gasteiger partial charge < -0.3 is 39.9 Å². The van der Waals surface area contributed by atoms with Crippen LogP contribution in [0, 0.1) is 17.7 Å². The van der Waals surface area contributed by atoms with E-state index in [-0.39, 0.29) is 24.8 Å². The van der Waals surface area contributed by atoms with Gasteiger partial charge in [-0.15, -0.1) is 0 Å². The van der Waals surface area contributed by atoms with Gasteiger partial charge in [0.05, 0.1) is 45.2 Å². The number of carbonyl (C=O) groups excluding carboxylic acids is 1. The summed E-state index contributed by atoms with van der Waals surface area (Å²) in [7, 11) is 0. The fourth-order valence-electron chi connectivity index (χ4n) is 5.63. The van der Waals surface area contributed by atoms with Gasteiger partial charge in [-0.1, -0.05) is 6.07 Å². The number of ether oxygens (including phenoxy) is 2. The van der Waals surface area contributed by atoms with Gasteiger partial charge >= 0.3 is 0 Å². The van der Waals surface area contributed by atoms with Crippen LogP contribution in [0.3, 0.4) is 0 Å². The van der Waals surface area contributed by atoms with Crippen molar-refractivity contribution in [1.29, 1.82) is 0 Å². The summed E-state index contributed by atoms with van der Waals surface area (Å²) in [5.74, 6) is 2.11. The van der Waals surface area contributed by atoms with Gasteiger partial charge in [0.25, 0.3) is 0 Å². The number of hydrogen-bond acceptors (Lipinski definition) is 10. The number of anilines is 1. The highest BCUT2D eigenvalue weighted by molar-refractivity contribution is 5.79. The first-order valence-electron chi connectivity index (χ1n) is 15.4. The summed E-state index contributed by atoms with van der Waals surface area (Å²) in [5, 5.41) is 31.4. The molecule has 4 rings (SSSR count). The fourth-order valence-corrected chi connectivity index (χ4v) is 5.63. The largest absolute Gasteiger partial charge is 0.493 e. The van der Waals surface area contributed by atoms with E-state index in [1.165, 1.54) is 6.07 Å². The van der Waals surface area contributed by atoms with Crippen molar-refractivity contribution in [2.24, 2.45) is 11.8 Å². The molecule has 2 aliphatic heterocycles. The summed E-state index contributed by atoms with van der Waals surface area (Å²) in [6, 6.07) is 4.71. The van der Waals surface area contributed by atoms with Gasteiger partial charge in [0.2, 0.25) is 11.9 Å². The third-order valence-electron chi connectivity index (χ3n) is 8.33. The molecule has 2 aromatic rings. The Morgan fingerprint density at radius 3 is 2.47 bits per heavy atom. The summed E-state index contributed by atoms with van der Waals surface area (Å²) in [5.41, 5.74) is -1.22. The lowest BCUT2D eigenvalue weighted by atomic mass is 9.92. The normalized spacial score (nSPS) is 17.8. The number of piperidine rings is 1. The zero-order valence-corrected chi connectivity index (χ0v) is 25.1.